The fourth-order valence-electron chi connectivity index (χ4n) is 3.33. The van der Waals surface area contributed by atoms with Crippen LogP contribution < -0.4 is 0 Å². The molecular weight excluding hydrogens is 336 g/mol. The van der Waals surface area contributed by atoms with Gasteiger partial charge in [-0.25, -0.2) is 4.79 Å². The minimum Gasteiger partial charge on any atom is -0.433 e. The first-order valence-corrected chi connectivity index (χ1v) is 9.52. The average Bonchev–Trinajstić information content (AvgIpc) is 3.21. The van der Waals surface area contributed by atoms with Crippen molar-refractivity contribution in [3.05, 3.63) is 12.2 Å². The van der Waals surface area contributed by atoms with Crippen molar-refractivity contribution in [2.75, 3.05) is 13.7 Å². The summed E-state index contributed by atoms with van der Waals surface area (Å²) >= 11 is 0. The second kappa shape index (κ2) is 8.53. The topological polar surface area (TPSA) is 71.1 Å². The molecule has 2 rings (SSSR count). The maximum Gasteiger partial charge on any atom is 0.333 e. The molecule has 0 aromatic rings. The molecule has 0 unspecified atom stereocenters. The molecule has 6 heteroatoms. The number of ether oxygens (including phenoxy) is 4. The Kier molecular flexibility index (Phi) is 6.86. The van der Waals surface area contributed by atoms with Crippen molar-refractivity contribution in [1.82, 2.24) is 0 Å². The second-order valence-corrected chi connectivity index (χ2v) is 8.21. The average molecular weight is 368 g/mol. The lowest BCUT2D eigenvalue weighted by atomic mass is 9.97. The molecule has 0 aliphatic heterocycles. The highest BCUT2D eigenvalue weighted by Gasteiger charge is 2.41. The van der Waals surface area contributed by atoms with E-state index in [4.69, 9.17) is 18.9 Å². The minimum atomic E-state index is -0.877. The first-order valence-electron chi connectivity index (χ1n) is 9.52. The normalized spacial score (nSPS) is 21.8. The van der Waals surface area contributed by atoms with Gasteiger partial charge in [-0.2, -0.15) is 0 Å². The van der Waals surface area contributed by atoms with Crippen LogP contribution in [0.25, 0.3) is 0 Å². The SMILES string of the molecule is COC1(OC(=O)/C=C/COC2(OC(=O)C(C)(C)C)CCCC2)CCCC1. The molecule has 0 saturated heterocycles. The van der Waals surface area contributed by atoms with Gasteiger partial charge in [0.05, 0.1) is 12.0 Å². The zero-order chi connectivity index (χ0) is 19.3. The highest BCUT2D eigenvalue weighted by Crippen LogP contribution is 2.36. The van der Waals surface area contributed by atoms with Crippen LogP contribution in [0, 0.1) is 5.41 Å². The van der Waals surface area contributed by atoms with Gasteiger partial charge in [0.2, 0.25) is 11.6 Å². The van der Waals surface area contributed by atoms with E-state index in [9.17, 15) is 9.59 Å². The molecule has 2 fully saturated rings. The smallest absolute Gasteiger partial charge is 0.333 e. The van der Waals surface area contributed by atoms with Crippen LogP contribution in [0.4, 0.5) is 0 Å². The van der Waals surface area contributed by atoms with Crippen LogP contribution in [0.5, 0.6) is 0 Å². The number of esters is 2. The number of methoxy groups -OCH3 is 1. The van der Waals surface area contributed by atoms with Crippen LogP contribution in [0.3, 0.4) is 0 Å². The fraction of sp³-hybridized carbons (Fsp3) is 0.800. The van der Waals surface area contributed by atoms with Gasteiger partial charge in [0.25, 0.3) is 0 Å². The third kappa shape index (κ3) is 5.55. The number of rotatable bonds is 7. The van der Waals surface area contributed by atoms with E-state index in [-0.39, 0.29) is 12.6 Å². The first-order chi connectivity index (χ1) is 12.2. The quantitative estimate of drug-likeness (QED) is 0.386. The number of hydrogen-bond acceptors (Lipinski definition) is 6. The van der Waals surface area contributed by atoms with Gasteiger partial charge in [-0.05, 0) is 46.5 Å². The Morgan fingerprint density at radius 3 is 1.96 bits per heavy atom. The van der Waals surface area contributed by atoms with E-state index >= 15 is 0 Å². The molecule has 2 aliphatic carbocycles. The van der Waals surface area contributed by atoms with Crippen molar-refractivity contribution in [2.45, 2.75) is 83.7 Å². The molecule has 0 atom stereocenters. The van der Waals surface area contributed by atoms with Gasteiger partial charge in [-0.1, -0.05) is 6.08 Å². The lowest BCUT2D eigenvalue weighted by Gasteiger charge is -2.31. The molecule has 2 saturated carbocycles. The van der Waals surface area contributed by atoms with Crippen molar-refractivity contribution < 1.29 is 28.5 Å². The third-order valence-electron chi connectivity index (χ3n) is 4.98. The molecule has 0 aromatic carbocycles. The van der Waals surface area contributed by atoms with Gasteiger partial charge in [-0.3, -0.25) is 4.79 Å². The van der Waals surface area contributed by atoms with Crippen LogP contribution in [0.1, 0.15) is 72.1 Å². The molecular formula is C20H32O6. The highest BCUT2D eigenvalue weighted by molar-refractivity contribution is 5.82. The van der Waals surface area contributed by atoms with Gasteiger partial charge < -0.3 is 18.9 Å². The zero-order valence-electron chi connectivity index (χ0n) is 16.5. The van der Waals surface area contributed by atoms with Crippen LogP contribution in [-0.4, -0.2) is 37.2 Å². The Balaban J connectivity index is 1.84. The van der Waals surface area contributed by atoms with Crippen LogP contribution in [-0.2, 0) is 28.5 Å². The van der Waals surface area contributed by atoms with E-state index < -0.39 is 23.0 Å². The van der Waals surface area contributed by atoms with Crippen molar-refractivity contribution in [1.29, 1.82) is 0 Å². The predicted molar refractivity (Wildman–Crippen MR) is 96.1 cm³/mol. The monoisotopic (exact) mass is 368 g/mol. The maximum absolute atomic E-state index is 12.2. The van der Waals surface area contributed by atoms with Crippen molar-refractivity contribution >= 4 is 11.9 Å². The van der Waals surface area contributed by atoms with Crippen molar-refractivity contribution in [2.24, 2.45) is 5.41 Å². The Labute approximate surface area is 156 Å². The molecule has 6 nitrogen and oxygen atoms in total. The van der Waals surface area contributed by atoms with Crippen molar-refractivity contribution in [3.8, 4) is 0 Å². The molecule has 0 spiro atoms. The molecule has 0 radical (unpaired) electrons. The number of carbonyl (C=O) groups is 2. The molecule has 148 valence electrons. The summed E-state index contributed by atoms with van der Waals surface area (Å²) in [5.41, 5.74) is -0.575. The maximum atomic E-state index is 12.2. The second-order valence-electron chi connectivity index (χ2n) is 8.21. The summed E-state index contributed by atoms with van der Waals surface area (Å²) in [6.07, 6.45) is 9.68. The molecule has 0 heterocycles. The zero-order valence-corrected chi connectivity index (χ0v) is 16.5. The standard InChI is InChI=1S/C20H32O6/c1-18(2,3)17(22)26-20(13-7-8-14-20)24-15-9-10-16(21)25-19(23-4)11-5-6-12-19/h9-10H,5-8,11-15H2,1-4H3/b10-9+. The Morgan fingerprint density at radius 1 is 0.923 bits per heavy atom. The van der Waals surface area contributed by atoms with Crippen LogP contribution >= 0.6 is 0 Å². The van der Waals surface area contributed by atoms with E-state index in [1.807, 2.05) is 20.8 Å². The van der Waals surface area contributed by atoms with E-state index in [2.05, 4.69) is 0 Å². The van der Waals surface area contributed by atoms with Crippen LogP contribution in [0.15, 0.2) is 12.2 Å². The molecule has 0 aromatic heterocycles. The molecule has 0 bridgehead atoms. The Hall–Kier alpha value is -1.40. The van der Waals surface area contributed by atoms with E-state index in [0.29, 0.717) is 12.8 Å². The third-order valence-corrected chi connectivity index (χ3v) is 4.98. The molecule has 0 amide bonds. The van der Waals surface area contributed by atoms with E-state index in [1.54, 1.807) is 13.2 Å². The van der Waals surface area contributed by atoms with Crippen LogP contribution in [0.2, 0.25) is 0 Å². The largest absolute Gasteiger partial charge is 0.433 e. The number of carbonyl (C=O) groups excluding carboxylic acids is 2. The molecule has 26 heavy (non-hydrogen) atoms. The van der Waals surface area contributed by atoms with Crippen molar-refractivity contribution in [3.63, 3.8) is 0 Å². The summed E-state index contributed by atoms with van der Waals surface area (Å²) in [6.45, 7) is 5.65. The fourth-order valence-corrected chi connectivity index (χ4v) is 3.33. The minimum absolute atomic E-state index is 0.187. The Morgan fingerprint density at radius 2 is 1.46 bits per heavy atom. The number of hydrogen-bond donors (Lipinski definition) is 0. The summed E-state index contributed by atoms with van der Waals surface area (Å²) in [5, 5.41) is 0. The summed E-state index contributed by atoms with van der Waals surface area (Å²) in [5.74, 6) is -2.37. The lowest BCUT2D eigenvalue weighted by Crippen LogP contribution is -2.39. The summed E-state index contributed by atoms with van der Waals surface area (Å²) in [7, 11) is 1.57. The first kappa shape index (κ1) is 20.9. The molecule has 0 N–H and O–H groups in total. The summed E-state index contributed by atoms with van der Waals surface area (Å²) in [4.78, 5) is 24.2. The highest BCUT2D eigenvalue weighted by atomic mass is 16.7. The predicted octanol–water partition coefficient (Wildman–Crippen LogP) is 3.88. The van der Waals surface area contributed by atoms with Gasteiger partial charge in [0.1, 0.15) is 0 Å². The van der Waals surface area contributed by atoms with E-state index in [0.717, 1.165) is 38.5 Å². The van der Waals surface area contributed by atoms with Gasteiger partial charge in [0, 0.05) is 38.9 Å². The summed E-state index contributed by atoms with van der Waals surface area (Å²) in [6, 6.07) is 0. The summed E-state index contributed by atoms with van der Waals surface area (Å²) < 4.78 is 22.4. The van der Waals surface area contributed by atoms with E-state index in [1.165, 1.54) is 6.08 Å². The van der Waals surface area contributed by atoms with Gasteiger partial charge >= 0.3 is 11.9 Å². The van der Waals surface area contributed by atoms with Gasteiger partial charge in [0.15, 0.2) is 0 Å². The van der Waals surface area contributed by atoms with Gasteiger partial charge in [-0.15, -0.1) is 0 Å². The lowest BCUT2D eigenvalue weighted by molar-refractivity contribution is -0.231. The Bertz CT molecular complexity index is 519. The molecule has 2 aliphatic rings.